The minimum Gasteiger partial charge on any atom is -0.477 e. The number of nitriles is 1. The minimum absolute atomic E-state index is 0.536. The van der Waals surface area contributed by atoms with Gasteiger partial charge < -0.3 is 9.64 Å². The summed E-state index contributed by atoms with van der Waals surface area (Å²) in [5.74, 6) is 0.536. The predicted molar refractivity (Wildman–Crippen MR) is 76.7 cm³/mol. The summed E-state index contributed by atoms with van der Waals surface area (Å²) in [5, 5.41) is 9.22. The van der Waals surface area contributed by atoms with E-state index in [4.69, 9.17) is 4.74 Å². The minimum atomic E-state index is 0.536. The van der Waals surface area contributed by atoms with Crippen LogP contribution in [-0.4, -0.2) is 36.1 Å². The van der Waals surface area contributed by atoms with Gasteiger partial charge in [-0.2, -0.15) is 5.26 Å². The molecule has 2 heterocycles. The number of rotatable bonds is 4. The molecule has 1 aromatic heterocycles. The van der Waals surface area contributed by atoms with Crippen molar-refractivity contribution in [2.45, 2.75) is 44.6 Å². The van der Waals surface area contributed by atoms with Crippen LogP contribution in [0.4, 0.5) is 0 Å². The first-order chi connectivity index (χ1) is 9.78. The van der Waals surface area contributed by atoms with Crippen molar-refractivity contribution in [2.24, 2.45) is 0 Å². The molecule has 1 saturated heterocycles. The highest BCUT2D eigenvalue weighted by Crippen LogP contribution is 2.26. The van der Waals surface area contributed by atoms with Crippen molar-refractivity contribution >= 4 is 0 Å². The fraction of sp³-hybridized carbons (Fsp3) is 0.625. The van der Waals surface area contributed by atoms with Gasteiger partial charge >= 0.3 is 0 Å². The summed E-state index contributed by atoms with van der Waals surface area (Å²) in [7, 11) is 2.17. The summed E-state index contributed by atoms with van der Waals surface area (Å²) in [6.45, 7) is 1.83. The molecule has 2 aliphatic rings. The maximum atomic E-state index is 9.22. The first-order valence-corrected chi connectivity index (χ1v) is 7.54. The van der Waals surface area contributed by atoms with Crippen molar-refractivity contribution in [1.29, 1.82) is 5.26 Å². The smallest absolute Gasteiger partial charge is 0.231 e. The van der Waals surface area contributed by atoms with Gasteiger partial charge in [0.1, 0.15) is 11.6 Å². The summed E-state index contributed by atoms with van der Waals surface area (Å²) in [4.78, 5) is 6.94. The summed E-state index contributed by atoms with van der Waals surface area (Å²) < 4.78 is 5.80. The Morgan fingerprint density at radius 2 is 2.35 bits per heavy atom. The number of hydrogen-bond acceptors (Lipinski definition) is 4. The molecule has 1 unspecified atom stereocenters. The Hall–Kier alpha value is -1.60. The fourth-order valence-electron chi connectivity index (χ4n) is 3.28. The highest BCUT2D eigenvalue weighted by Gasteiger charge is 2.21. The molecule has 1 fully saturated rings. The number of nitrogens with zero attached hydrogens (tertiary/aromatic N) is 3. The van der Waals surface area contributed by atoms with E-state index in [1.165, 1.54) is 24.9 Å². The fourth-order valence-corrected chi connectivity index (χ4v) is 3.28. The largest absolute Gasteiger partial charge is 0.477 e. The van der Waals surface area contributed by atoms with Crippen molar-refractivity contribution in [3.8, 4) is 11.9 Å². The molecule has 0 saturated carbocycles. The monoisotopic (exact) mass is 271 g/mol. The van der Waals surface area contributed by atoms with Crippen molar-refractivity contribution in [3.05, 3.63) is 22.9 Å². The van der Waals surface area contributed by atoms with Crippen molar-refractivity contribution in [3.63, 3.8) is 0 Å². The molecule has 1 atom stereocenters. The van der Waals surface area contributed by atoms with Crippen LogP contribution in [-0.2, 0) is 12.8 Å². The van der Waals surface area contributed by atoms with Crippen molar-refractivity contribution in [1.82, 2.24) is 9.88 Å². The van der Waals surface area contributed by atoms with E-state index in [9.17, 15) is 5.26 Å². The van der Waals surface area contributed by atoms with E-state index in [0.29, 0.717) is 24.1 Å². The molecule has 1 aliphatic carbocycles. The van der Waals surface area contributed by atoms with E-state index in [0.717, 1.165) is 31.4 Å². The van der Waals surface area contributed by atoms with E-state index in [1.807, 2.05) is 6.07 Å². The second-order valence-corrected chi connectivity index (χ2v) is 5.83. The normalized spacial score (nSPS) is 21.7. The van der Waals surface area contributed by atoms with Gasteiger partial charge in [0.15, 0.2) is 0 Å². The molecule has 3 rings (SSSR count). The quantitative estimate of drug-likeness (QED) is 0.843. The summed E-state index contributed by atoms with van der Waals surface area (Å²) in [6.07, 6.45) is 6.75. The van der Waals surface area contributed by atoms with Gasteiger partial charge in [-0.3, -0.25) is 0 Å². The lowest BCUT2D eigenvalue weighted by molar-refractivity contribution is 0.228. The SMILES string of the molecule is CN1CCCC1CCOc1nc2c(cc1C#N)CCC2. The average molecular weight is 271 g/mol. The molecule has 1 aromatic rings. The maximum absolute atomic E-state index is 9.22. The van der Waals surface area contributed by atoms with Gasteiger partial charge in [0.2, 0.25) is 5.88 Å². The van der Waals surface area contributed by atoms with Gasteiger partial charge in [-0.15, -0.1) is 0 Å². The average Bonchev–Trinajstić information content (AvgIpc) is 3.06. The Kier molecular flexibility index (Phi) is 3.88. The molecular weight excluding hydrogens is 250 g/mol. The zero-order valence-corrected chi connectivity index (χ0v) is 12.1. The van der Waals surface area contributed by atoms with Crippen LogP contribution in [0.1, 0.15) is 42.5 Å². The molecule has 0 amide bonds. The van der Waals surface area contributed by atoms with Gasteiger partial charge in [0.05, 0.1) is 6.61 Å². The molecular formula is C16H21N3O. The van der Waals surface area contributed by atoms with Crippen LogP contribution in [0.5, 0.6) is 5.88 Å². The van der Waals surface area contributed by atoms with Gasteiger partial charge in [-0.25, -0.2) is 4.98 Å². The first kappa shape index (κ1) is 13.4. The molecule has 0 radical (unpaired) electrons. The van der Waals surface area contributed by atoms with E-state index in [-0.39, 0.29) is 0 Å². The van der Waals surface area contributed by atoms with Crippen LogP contribution in [0.15, 0.2) is 6.07 Å². The van der Waals surface area contributed by atoms with Gasteiger partial charge in [-0.05, 0) is 63.7 Å². The van der Waals surface area contributed by atoms with Crippen LogP contribution in [0, 0.1) is 11.3 Å². The zero-order chi connectivity index (χ0) is 13.9. The molecule has 20 heavy (non-hydrogen) atoms. The lowest BCUT2D eigenvalue weighted by Crippen LogP contribution is -2.26. The number of ether oxygens (including phenoxy) is 1. The van der Waals surface area contributed by atoms with Crippen LogP contribution in [0.3, 0.4) is 0 Å². The Labute approximate surface area is 120 Å². The number of aromatic nitrogens is 1. The van der Waals surface area contributed by atoms with Crippen molar-refractivity contribution < 1.29 is 4.74 Å². The number of pyridine rings is 1. The van der Waals surface area contributed by atoms with Gasteiger partial charge in [0.25, 0.3) is 0 Å². The summed E-state index contributed by atoms with van der Waals surface area (Å²) in [5.41, 5.74) is 2.94. The third-order valence-corrected chi connectivity index (χ3v) is 4.50. The standard InChI is InChI=1S/C16H21N3O/c1-19-8-3-5-14(19)7-9-20-16-13(11-17)10-12-4-2-6-15(12)18-16/h10,14H,2-9H2,1H3. The number of likely N-dealkylation sites (tertiary alicyclic amines) is 1. The molecule has 0 aromatic carbocycles. The van der Waals surface area contributed by atoms with E-state index < -0.39 is 0 Å². The summed E-state index contributed by atoms with van der Waals surface area (Å²) >= 11 is 0. The predicted octanol–water partition coefficient (Wildman–Crippen LogP) is 2.31. The lowest BCUT2D eigenvalue weighted by Gasteiger charge is -2.19. The molecule has 0 spiro atoms. The molecule has 0 N–H and O–H groups in total. The van der Waals surface area contributed by atoms with E-state index in [2.05, 4.69) is 23.0 Å². The molecule has 4 nitrogen and oxygen atoms in total. The Balaban J connectivity index is 1.64. The van der Waals surface area contributed by atoms with Crippen LogP contribution in [0.2, 0.25) is 0 Å². The molecule has 4 heteroatoms. The van der Waals surface area contributed by atoms with Crippen molar-refractivity contribution in [2.75, 3.05) is 20.2 Å². The molecule has 1 aliphatic heterocycles. The first-order valence-electron chi connectivity index (χ1n) is 7.54. The number of hydrogen-bond donors (Lipinski definition) is 0. The lowest BCUT2D eigenvalue weighted by atomic mass is 10.1. The third-order valence-electron chi connectivity index (χ3n) is 4.50. The Morgan fingerprint density at radius 3 is 3.10 bits per heavy atom. The highest BCUT2D eigenvalue weighted by molar-refractivity contribution is 5.44. The highest BCUT2D eigenvalue weighted by atomic mass is 16.5. The second-order valence-electron chi connectivity index (χ2n) is 5.83. The number of fused-ring (bicyclic) bond motifs is 1. The van der Waals surface area contributed by atoms with Gasteiger partial charge in [-0.1, -0.05) is 0 Å². The second kappa shape index (κ2) is 5.80. The molecule has 0 bridgehead atoms. The Bertz CT molecular complexity index is 535. The van der Waals surface area contributed by atoms with Gasteiger partial charge in [0, 0.05) is 11.7 Å². The molecule has 106 valence electrons. The maximum Gasteiger partial charge on any atom is 0.231 e. The van der Waals surface area contributed by atoms with Crippen LogP contribution < -0.4 is 4.74 Å². The Morgan fingerprint density at radius 1 is 1.45 bits per heavy atom. The number of aryl methyl sites for hydroxylation is 2. The third kappa shape index (κ3) is 2.64. The summed E-state index contributed by atoms with van der Waals surface area (Å²) in [6, 6.07) is 4.80. The zero-order valence-electron chi connectivity index (χ0n) is 12.1. The van der Waals surface area contributed by atoms with Crippen LogP contribution >= 0.6 is 0 Å². The van der Waals surface area contributed by atoms with E-state index in [1.54, 1.807) is 0 Å². The van der Waals surface area contributed by atoms with Crippen LogP contribution in [0.25, 0.3) is 0 Å². The topological polar surface area (TPSA) is 49.1 Å². The van der Waals surface area contributed by atoms with E-state index >= 15 is 0 Å².